The van der Waals surface area contributed by atoms with Crippen LogP contribution in [-0.4, -0.2) is 19.3 Å². The third-order valence-electron chi connectivity index (χ3n) is 3.33. The second-order valence-corrected chi connectivity index (χ2v) is 4.02. The molecule has 1 aliphatic carbocycles. The Kier molecular flexibility index (Phi) is 1.90. The van der Waals surface area contributed by atoms with E-state index in [0.29, 0.717) is 11.5 Å². The van der Waals surface area contributed by atoms with Gasteiger partial charge in [0.05, 0.1) is 6.61 Å². The van der Waals surface area contributed by atoms with Crippen molar-refractivity contribution in [3.8, 4) is 0 Å². The maximum Gasteiger partial charge on any atom is 0.0537 e. The van der Waals surface area contributed by atoms with Crippen LogP contribution in [-0.2, 0) is 4.74 Å². The van der Waals surface area contributed by atoms with E-state index >= 15 is 0 Å². The highest BCUT2D eigenvalue weighted by Crippen LogP contribution is 2.43. The van der Waals surface area contributed by atoms with Gasteiger partial charge in [0.1, 0.15) is 0 Å². The molecule has 64 valence electrons. The molecule has 2 nitrogen and oxygen atoms in total. The summed E-state index contributed by atoms with van der Waals surface area (Å²) in [5.41, 5.74) is 6.45. The molecule has 1 spiro atoms. The lowest BCUT2D eigenvalue weighted by Crippen LogP contribution is -2.43. The lowest BCUT2D eigenvalue weighted by atomic mass is 9.78. The first kappa shape index (κ1) is 7.56. The molecule has 0 amide bonds. The predicted molar refractivity (Wildman–Crippen MR) is 44.3 cm³/mol. The molecule has 2 aliphatic rings. The van der Waals surface area contributed by atoms with Crippen molar-refractivity contribution in [3.05, 3.63) is 0 Å². The van der Waals surface area contributed by atoms with Crippen molar-refractivity contribution < 1.29 is 4.74 Å². The summed E-state index contributed by atoms with van der Waals surface area (Å²) in [5, 5.41) is 0. The van der Waals surface area contributed by atoms with E-state index in [1.807, 2.05) is 0 Å². The number of rotatable bonds is 0. The van der Waals surface area contributed by atoms with E-state index in [1.54, 1.807) is 0 Å². The normalized spacial score (nSPS) is 45.0. The van der Waals surface area contributed by atoms with E-state index in [-0.39, 0.29) is 0 Å². The van der Waals surface area contributed by atoms with Crippen molar-refractivity contribution in [1.82, 2.24) is 0 Å². The monoisotopic (exact) mass is 155 g/mol. The van der Waals surface area contributed by atoms with Crippen molar-refractivity contribution in [2.75, 3.05) is 13.2 Å². The Labute approximate surface area is 68.1 Å². The average Bonchev–Trinajstić information content (AvgIpc) is 2.36. The van der Waals surface area contributed by atoms with Gasteiger partial charge in [0.25, 0.3) is 0 Å². The summed E-state index contributed by atoms with van der Waals surface area (Å²) >= 11 is 0. The van der Waals surface area contributed by atoms with Crippen LogP contribution in [0.1, 0.15) is 32.1 Å². The van der Waals surface area contributed by atoms with Gasteiger partial charge in [0.15, 0.2) is 0 Å². The predicted octanol–water partition coefficient (Wildman–Crippen LogP) is 1.29. The zero-order valence-corrected chi connectivity index (χ0v) is 7.01. The molecule has 0 aromatic rings. The molecular formula is C9H17NO. The van der Waals surface area contributed by atoms with Gasteiger partial charge in [-0.3, -0.25) is 0 Å². The van der Waals surface area contributed by atoms with Gasteiger partial charge in [-0.05, 0) is 25.7 Å². The van der Waals surface area contributed by atoms with Crippen LogP contribution in [0.4, 0.5) is 0 Å². The summed E-state index contributed by atoms with van der Waals surface area (Å²) in [6.45, 7) is 1.88. The van der Waals surface area contributed by atoms with E-state index < -0.39 is 0 Å². The highest BCUT2D eigenvalue weighted by Gasteiger charge is 2.41. The van der Waals surface area contributed by atoms with Crippen LogP contribution in [0.15, 0.2) is 0 Å². The van der Waals surface area contributed by atoms with Gasteiger partial charge in [-0.1, -0.05) is 6.42 Å². The highest BCUT2D eigenvalue weighted by atomic mass is 16.5. The van der Waals surface area contributed by atoms with Crippen molar-refractivity contribution >= 4 is 0 Å². The quantitative estimate of drug-likeness (QED) is 0.572. The Morgan fingerprint density at radius 1 is 1.27 bits per heavy atom. The van der Waals surface area contributed by atoms with Gasteiger partial charge < -0.3 is 10.5 Å². The van der Waals surface area contributed by atoms with Gasteiger partial charge in [-0.2, -0.15) is 0 Å². The minimum Gasteiger partial charge on any atom is -0.381 e. The number of nitrogens with two attached hydrogens (primary N) is 1. The Bertz CT molecular complexity index is 140. The fraction of sp³-hybridized carbons (Fsp3) is 1.00. The molecule has 1 heterocycles. The molecule has 1 saturated heterocycles. The third kappa shape index (κ3) is 1.18. The molecule has 2 atom stereocenters. The Balaban J connectivity index is 2.06. The number of ether oxygens (including phenoxy) is 1. The smallest absolute Gasteiger partial charge is 0.0537 e. The SMILES string of the molecule is NC1CCCC12CCCOC2. The molecule has 1 aliphatic heterocycles. The average molecular weight is 155 g/mol. The molecule has 11 heavy (non-hydrogen) atoms. The van der Waals surface area contributed by atoms with E-state index in [0.717, 1.165) is 13.2 Å². The molecule has 2 unspecified atom stereocenters. The summed E-state index contributed by atoms with van der Waals surface area (Å²) in [6.07, 6.45) is 6.34. The molecule has 0 aromatic heterocycles. The highest BCUT2D eigenvalue weighted by molar-refractivity contribution is 4.95. The molecule has 2 rings (SSSR count). The van der Waals surface area contributed by atoms with Gasteiger partial charge in [0, 0.05) is 18.1 Å². The van der Waals surface area contributed by atoms with Gasteiger partial charge in [-0.15, -0.1) is 0 Å². The zero-order chi connectivity index (χ0) is 7.73. The molecule has 0 radical (unpaired) electrons. The van der Waals surface area contributed by atoms with E-state index in [9.17, 15) is 0 Å². The molecule has 0 bridgehead atoms. The Morgan fingerprint density at radius 2 is 2.09 bits per heavy atom. The second-order valence-electron chi connectivity index (χ2n) is 4.02. The van der Waals surface area contributed by atoms with Gasteiger partial charge >= 0.3 is 0 Å². The third-order valence-corrected chi connectivity index (χ3v) is 3.33. The first-order valence-electron chi connectivity index (χ1n) is 4.67. The standard InChI is InChI=1S/C9H17NO/c10-8-3-1-4-9(8)5-2-6-11-7-9/h8H,1-7,10H2. The molecule has 2 fully saturated rings. The fourth-order valence-corrected chi connectivity index (χ4v) is 2.53. The zero-order valence-electron chi connectivity index (χ0n) is 7.01. The van der Waals surface area contributed by atoms with Crippen LogP contribution in [0, 0.1) is 5.41 Å². The van der Waals surface area contributed by atoms with Crippen LogP contribution < -0.4 is 5.73 Å². The molecule has 1 saturated carbocycles. The summed E-state index contributed by atoms with van der Waals surface area (Å²) in [4.78, 5) is 0. The summed E-state index contributed by atoms with van der Waals surface area (Å²) in [5.74, 6) is 0. The van der Waals surface area contributed by atoms with Crippen molar-refractivity contribution in [2.24, 2.45) is 11.1 Å². The Morgan fingerprint density at radius 3 is 2.64 bits per heavy atom. The molecule has 2 heteroatoms. The number of hydrogen-bond acceptors (Lipinski definition) is 2. The van der Waals surface area contributed by atoms with E-state index in [1.165, 1.54) is 32.1 Å². The minimum atomic E-state index is 0.387. The van der Waals surface area contributed by atoms with Crippen LogP contribution in [0.25, 0.3) is 0 Å². The number of hydrogen-bond donors (Lipinski definition) is 1. The van der Waals surface area contributed by atoms with Gasteiger partial charge in [-0.25, -0.2) is 0 Å². The van der Waals surface area contributed by atoms with Crippen LogP contribution >= 0.6 is 0 Å². The van der Waals surface area contributed by atoms with Crippen molar-refractivity contribution in [2.45, 2.75) is 38.1 Å². The largest absolute Gasteiger partial charge is 0.381 e. The van der Waals surface area contributed by atoms with Crippen molar-refractivity contribution in [3.63, 3.8) is 0 Å². The van der Waals surface area contributed by atoms with E-state index in [2.05, 4.69) is 0 Å². The maximum absolute atomic E-state index is 6.06. The van der Waals surface area contributed by atoms with Crippen molar-refractivity contribution in [1.29, 1.82) is 0 Å². The van der Waals surface area contributed by atoms with Crippen LogP contribution in [0.2, 0.25) is 0 Å². The Hall–Kier alpha value is -0.0800. The summed E-state index contributed by atoms with van der Waals surface area (Å²) in [6, 6.07) is 0.419. The maximum atomic E-state index is 6.06. The molecule has 0 aromatic carbocycles. The summed E-state index contributed by atoms with van der Waals surface area (Å²) < 4.78 is 5.50. The second kappa shape index (κ2) is 2.76. The summed E-state index contributed by atoms with van der Waals surface area (Å²) in [7, 11) is 0. The lowest BCUT2D eigenvalue weighted by Gasteiger charge is -2.36. The van der Waals surface area contributed by atoms with Crippen LogP contribution in [0.3, 0.4) is 0 Å². The van der Waals surface area contributed by atoms with Crippen LogP contribution in [0.5, 0.6) is 0 Å². The van der Waals surface area contributed by atoms with Gasteiger partial charge in [0.2, 0.25) is 0 Å². The molecular weight excluding hydrogens is 138 g/mol. The minimum absolute atomic E-state index is 0.387. The lowest BCUT2D eigenvalue weighted by molar-refractivity contribution is -0.0120. The fourth-order valence-electron chi connectivity index (χ4n) is 2.53. The first-order chi connectivity index (χ1) is 5.33. The first-order valence-corrected chi connectivity index (χ1v) is 4.67. The topological polar surface area (TPSA) is 35.2 Å². The van der Waals surface area contributed by atoms with E-state index in [4.69, 9.17) is 10.5 Å². The molecule has 2 N–H and O–H groups in total.